The summed E-state index contributed by atoms with van der Waals surface area (Å²) in [6.45, 7) is 0.0641. The maximum atomic E-state index is 11.3. The third kappa shape index (κ3) is 4.22. The molecule has 1 aromatic carbocycles. The second-order valence-corrected chi connectivity index (χ2v) is 6.24. The second kappa shape index (κ2) is 6.22. The fraction of sp³-hybridized carbons (Fsp3) is 0.222. The van der Waals surface area contributed by atoms with Gasteiger partial charge in [0.05, 0.1) is 0 Å². The number of rotatable bonds is 4. The van der Waals surface area contributed by atoms with E-state index < -0.39 is 9.63 Å². The lowest BCUT2D eigenvalue weighted by Gasteiger charge is -2.13. The van der Waals surface area contributed by atoms with Crippen molar-refractivity contribution in [1.29, 1.82) is 0 Å². The van der Waals surface area contributed by atoms with Gasteiger partial charge >= 0.3 is 5.97 Å². The lowest BCUT2D eigenvalue weighted by atomic mass is 10.2. The molecule has 0 aliphatic heterocycles. The predicted molar refractivity (Wildman–Crippen MR) is 69.1 cm³/mol. The molecule has 0 aliphatic carbocycles. The number of benzene rings is 1. The van der Waals surface area contributed by atoms with Crippen LogP contribution in [0.3, 0.4) is 0 Å². The highest BCUT2D eigenvalue weighted by Gasteiger charge is 2.36. The van der Waals surface area contributed by atoms with Crippen LogP contribution >= 0.6 is 56.5 Å². The molecule has 1 aromatic rings. The smallest absolute Gasteiger partial charge is 0.354 e. The van der Waals surface area contributed by atoms with Gasteiger partial charge in [-0.2, -0.15) is 0 Å². The van der Waals surface area contributed by atoms with E-state index in [0.717, 1.165) is 5.56 Å². The van der Waals surface area contributed by atoms with Gasteiger partial charge in [0.25, 0.3) is 3.67 Å². The largest absolute Gasteiger partial charge is 0.458 e. The minimum Gasteiger partial charge on any atom is -0.458 e. The molecular weight excluding hydrogens is 314 g/mol. The number of alkyl halides is 2. The topological polar surface area (TPSA) is 26.3 Å². The molecule has 7 heteroatoms. The molecule has 0 atom stereocenters. The number of halogens is 4. The van der Waals surface area contributed by atoms with E-state index in [9.17, 15) is 4.79 Å². The minimum absolute atomic E-state index is 0.0641. The average molecular weight is 320 g/mol. The molecule has 0 fully saturated rings. The van der Waals surface area contributed by atoms with Gasteiger partial charge in [-0.25, -0.2) is 4.79 Å². The Morgan fingerprint density at radius 3 is 2.38 bits per heavy atom. The zero-order valence-corrected chi connectivity index (χ0v) is 11.6. The van der Waals surface area contributed by atoms with Crippen LogP contribution in [0, 0.1) is 0 Å². The first-order chi connectivity index (χ1) is 7.45. The number of hydrogen-bond donors (Lipinski definition) is 0. The van der Waals surface area contributed by atoms with Crippen LogP contribution in [0.5, 0.6) is 0 Å². The van der Waals surface area contributed by atoms with Crippen LogP contribution in [0.15, 0.2) is 24.3 Å². The fourth-order valence-electron chi connectivity index (χ4n) is 0.845. The Kier molecular flexibility index (Phi) is 5.54. The molecule has 0 aliphatic rings. The average Bonchev–Trinajstić information content (AvgIpc) is 2.28. The van der Waals surface area contributed by atoms with E-state index in [2.05, 4.69) is 0 Å². The van der Waals surface area contributed by atoms with E-state index >= 15 is 0 Å². The van der Waals surface area contributed by atoms with Crippen molar-refractivity contribution in [3.05, 3.63) is 34.9 Å². The van der Waals surface area contributed by atoms with Crippen LogP contribution in [-0.4, -0.2) is 9.63 Å². The molecule has 0 unspecified atom stereocenters. The first kappa shape index (κ1) is 14.3. The standard InChI is InChI=1S/C9H6Cl4O2S/c10-7-3-1-6(2-4-7)5-15-8(14)9(11,12)16-13/h1-4H,5H2. The maximum Gasteiger partial charge on any atom is 0.354 e. The minimum atomic E-state index is -1.78. The van der Waals surface area contributed by atoms with Gasteiger partial charge in [-0.15, -0.1) is 0 Å². The fourth-order valence-corrected chi connectivity index (χ4v) is 1.39. The van der Waals surface area contributed by atoms with Gasteiger partial charge in [0.15, 0.2) is 0 Å². The highest BCUT2D eigenvalue weighted by atomic mass is 35.7. The van der Waals surface area contributed by atoms with E-state index in [0.29, 0.717) is 16.0 Å². The van der Waals surface area contributed by atoms with Crippen molar-refractivity contribution in [3.63, 3.8) is 0 Å². The third-order valence-electron chi connectivity index (χ3n) is 1.62. The zero-order valence-electron chi connectivity index (χ0n) is 7.75. The van der Waals surface area contributed by atoms with Gasteiger partial charge in [0.1, 0.15) is 6.61 Å². The lowest BCUT2D eigenvalue weighted by molar-refractivity contribution is -0.143. The van der Waals surface area contributed by atoms with Crippen LogP contribution < -0.4 is 0 Å². The van der Waals surface area contributed by atoms with Crippen LogP contribution in [0.1, 0.15) is 5.56 Å². The summed E-state index contributed by atoms with van der Waals surface area (Å²) in [5, 5.41) is 0.607. The van der Waals surface area contributed by atoms with E-state index in [4.69, 9.17) is 50.2 Å². The van der Waals surface area contributed by atoms with Crippen LogP contribution in [-0.2, 0) is 16.1 Å². The molecule has 0 bridgehead atoms. The molecular formula is C9H6Cl4O2S. The summed E-state index contributed by atoms with van der Waals surface area (Å²) in [4.78, 5) is 11.3. The summed E-state index contributed by atoms with van der Waals surface area (Å²) in [6, 6.07) is 6.84. The molecule has 0 saturated heterocycles. The van der Waals surface area contributed by atoms with Gasteiger partial charge in [-0.1, -0.05) is 46.9 Å². The van der Waals surface area contributed by atoms with Crippen molar-refractivity contribution in [2.24, 2.45) is 0 Å². The molecule has 88 valence electrons. The number of carbonyl (C=O) groups is 1. The first-order valence-corrected chi connectivity index (χ1v) is 6.82. The summed E-state index contributed by atoms with van der Waals surface area (Å²) in [7, 11) is 5.81. The van der Waals surface area contributed by atoms with E-state index in [1.54, 1.807) is 24.3 Å². The Bertz CT molecular complexity index is 366. The van der Waals surface area contributed by atoms with Crippen molar-refractivity contribution in [2.75, 3.05) is 0 Å². The molecule has 2 nitrogen and oxygen atoms in total. The monoisotopic (exact) mass is 318 g/mol. The van der Waals surface area contributed by atoms with E-state index in [1.807, 2.05) is 0 Å². The summed E-state index contributed by atoms with van der Waals surface area (Å²) in [6.07, 6.45) is 0. The van der Waals surface area contributed by atoms with E-state index in [1.165, 1.54) is 0 Å². The molecule has 0 radical (unpaired) electrons. The SMILES string of the molecule is O=C(OCc1ccc(Cl)cc1)C(Cl)(Cl)SCl. The van der Waals surface area contributed by atoms with Gasteiger partial charge in [0, 0.05) is 5.02 Å². The molecule has 0 saturated carbocycles. The van der Waals surface area contributed by atoms with E-state index in [-0.39, 0.29) is 6.61 Å². The highest BCUT2D eigenvalue weighted by molar-refractivity contribution is 8.24. The molecule has 16 heavy (non-hydrogen) atoms. The van der Waals surface area contributed by atoms with Crippen molar-refractivity contribution in [1.82, 2.24) is 0 Å². The summed E-state index contributed by atoms with van der Waals surface area (Å²) < 4.78 is 3.09. The number of ether oxygens (including phenoxy) is 1. The molecule has 1 rings (SSSR count). The highest BCUT2D eigenvalue weighted by Crippen LogP contribution is 2.38. The van der Waals surface area contributed by atoms with Gasteiger partial charge in [-0.3, -0.25) is 0 Å². The van der Waals surface area contributed by atoms with Crippen molar-refractivity contribution in [3.8, 4) is 0 Å². The third-order valence-corrected chi connectivity index (χ3v) is 4.17. The Hall–Kier alpha value is 0.200. The summed E-state index contributed by atoms with van der Waals surface area (Å²) >= 11 is 16.8. The lowest BCUT2D eigenvalue weighted by Crippen LogP contribution is -2.23. The summed E-state index contributed by atoms with van der Waals surface area (Å²) in [5.74, 6) is -0.800. The molecule has 0 heterocycles. The van der Waals surface area contributed by atoms with Crippen LogP contribution in [0.25, 0.3) is 0 Å². The van der Waals surface area contributed by atoms with Gasteiger partial charge in [-0.05, 0) is 39.4 Å². The number of carbonyl (C=O) groups excluding carboxylic acids is 1. The van der Waals surface area contributed by atoms with Crippen molar-refractivity contribution < 1.29 is 9.53 Å². The molecule has 0 N–H and O–H groups in total. The van der Waals surface area contributed by atoms with Crippen molar-refractivity contribution >= 4 is 62.4 Å². The Morgan fingerprint density at radius 1 is 1.31 bits per heavy atom. The van der Waals surface area contributed by atoms with Crippen molar-refractivity contribution in [2.45, 2.75) is 10.3 Å². The first-order valence-electron chi connectivity index (χ1n) is 4.05. The quantitative estimate of drug-likeness (QED) is 0.607. The Balaban J connectivity index is 2.52. The van der Waals surface area contributed by atoms with Crippen LogP contribution in [0.4, 0.5) is 0 Å². The van der Waals surface area contributed by atoms with Gasteiger partial charge in [0.2, 0.25) is 0 Å². The second-order valence-electron chi connectivity index (χ2n) is 2.80. The maximum absolute atomic E-state index is 11.3. The number of hydrogen-bond acceptors (Lipinski definition) is 3. The molecule has 0 amide bonds. The molecule has 0 spiro atoms. The van der Waals surface area contributed by atoms with Gasteiger partial charge < -0.3 is 4.74 Å². The van der Waals surface area contributed by atoms with Crippen LogP contribution in [0.2, 0.25) is 5.02 Å². The molecule has 0 aromatic heterocycles. The Morgan fingerprint density at radius 2 is 1.88 bits per heavy atom. The summed E-state index contributed by atoms with van der Waals surface area (Å²) in [5.41, 5.74) is 0.779. The zero-order chi connectivity index (χ0) is 12.2. The normalized spacial score (nSPS) is 11.2. The predicted octanol–water partition coefficient (Wildman–Crippen LogP) is 4.40. The Labute approximate surface area is 117 Å². The number of esters is 1.